The molecule has 7 heteroatoms. The first-order valence-corrected chi connectivity index (χ1v) is 9.84. The number of aromatic nitrogens is 3. The molecule has 5 rings (SSSR count). The number of pyridine rings is 2. The van der Waals surface area contributed by atoms with Gasteiger partial charge in [-0.1, -0.05) is 0 Å². The maximum absolute atomic E-state index is 12.5. The van der Waals surface area contributed by atoms with E-state index in [-0.39, 0.29) is 11.2 Å². The van der Waals surface area contributed by atoms with Gasteiger partial charge < -0.3 is 4.98 Å². The molecule has 24 heavy (non-hydrogen) atoms. The Bertz CT molecular complexity index is 1040. The molecule has 124 valence electrons. The third-order valence-corrected chi connectivity index (χ3v) is 7.56. The second kappa shape index (κ2) is 5.00. The smallest absolute Gasteiger partial charge is 0.217 e. The summed E-state index contributed by atoms with van der Waals surface area (Å²) in [5, 5.41) is 3.08. The van der Waals surface area contributed by atoms with Crippen molar-refractivity contribution in [1.82, 2.24) is 19.3 Å². The molecule has 1 aliphatic carbocycles. The van der Waals surface area contributed by atoms with Gasteiger partial charge in [0, 0.05) is 59.5 Å². The van der Waals surface area contributed by atoms with E-state index in [4.69, 9.17) is 0 Å². The zero-order valence-corrected chi connectivity index (χ0v) is 14.0. The summed E-state index contributed by atoms with van der Waals surface area (Å²) in [5.74, 6) is 0.183. The third-order valence-electron chi connectivity index (χ3n) is 5.20. The van der Waals surface area contributed by atoms with Crippen molar-refractivity contribution in [2.24, 2.45) is 0 Å². The monoisotopic (exact) mass is 342 g/mol. The highest BCUT2D eigenvalue weighted by molar-refractivity contribution is 7.90. The highest BCUT2D eigenvalue weighted by atomic mass is 32.2. The Morgan fingerprint density at radius 2 is 2.04 bits per heavy atom. The Labute approximate surface area is 140 Å². The summed E-state index contributed by atoms with van der Waals surface area (Å²) in [6, 6.07) is 3.99. The maximum Gasteiger partial charge on any atom is 0.217 e. The summed E-state index contributed by atoms with van der Waals surface area (Å²) < 4.78 is 26.7. The van der Waals surface area contributed by atoms with Crippen LogP contribution in [-0.4, -0.2) is 46.0 Å². The van der Waals surface area contributed by atoms with Crippen molar-refractivity contribution in [2.75, 3.05) is 13.1 Å². The molecule has 0 amide bonds. The second-order valence-electron chi connectivity index (χ2n) is 6.75. The molecular formula is C17H18N4O2S. The standard InChI is InChI=1S/C17H18N4O2S/c22-24(23,13-1-2-13)21-8-5-12(10-21)16-15-11(3-6-18-16)9-20-17-14(15)4-7-19-17/h3-4,6-7,9,12-13,18H,1-2,5,8,10H2. The molecule has 1 N–H and O–H groups in total. The average molecular weight is 342 g/mol. The quantitative estimate of drug-likeness (QED) is 0.793. The number of H-pyrrole nitrogens is 1. The van der Waals surface area contributed by atoms with Crippen LogP contribution in [0.2, 0.25) is 0 Å². The van der Waals surface area contributed by atoms with E-state index in [0.29, 0.717) is 13.1 Å². The van der Waals surface area contributed by atoms with Gasteiger partial charge in [0.2, 0.25) is 10.0 Å². The van der Waals surface area contributed by atoms with Crippen LogP contribution in [0.1, 0.15) is 30.9 Å². The minimum Gasteiger partial charge on any atom is -0.364 e. The van der Waals surface area contributed by atoms with Gasteiger partial charge in [-0.3, -0.25) is 0 Å². The molecule has 0 bridgehead atoms. The Balaban J connectivity index is 1.59. The number of sulfonamides is 1. The summed E-state index contributed by atoms with van der Waals surface area (Å²) in [6.45, 7) is 1.17. The van der Waals surface area contributed by atoms with Gasteiger partial charge in [0.15, 0.2) is 5.65 Å². The van der Waals surface area contributed by atoms with Crippen molar-refractivity contribution in [3.8, 4) is 0 Å². The number of aromatic amines is 1. The van der Waals surface area contributed by atoms with E-state index < -0.39 is 10.0 Å². The van der Waals surface area contributed by atoms with Crippen LogP contribution in [0.3, 0.4) is 0 Å². The van der Waals surface area contributed by atoms with E-state index in [1.165, 1.54) is 0 Å². The number of hydrogen-bond donors (Lipinski definition) is 1. The highest BCUT2D eigenvalue weighted by Gasteiger charge is 2.43. The molecule has 1 aliphatic heterocycles. The van der Waals surface area contributed by atoms with Gasteiger partial charge in [0.1, 0.15) is 0 Å². The molecule has 1 saturated heterocycles. The molecule has 3 aromatic heterocycles. The molecule has 0 spiro atoms. The first-order chi connectivity index (χ1) is 11.6. The van der Waals surface area contributed by atoms with Crippen LogP contribution in [0.15, 0.2) is 30.7 Å². The van der Waals surface area contributed by atoms with E-state index in [2.05, 4.69) is 15.0 Å². The first-order valence-electron chi connectivity index (χ1n) is 8.34. The van der Waals surface area contributed by atoms with Gasteiger partial charge in [0.05, 0.1) is 5.25 Å². The number of fused-ring (bicyclic) bond motifs is 3. The van der Waals surface area contributed by atoms with Gasteiger partial charge in [-0.15, -0.1) is 0 Å². The van der Waals surface area contributed by atoms with Crippen LogP contribution in [0.5, 0.6) is 0 Å². The zero-order valence-electron chi connectivity index (χ0n) is 13.1. The van der Waals surface area contributed by atoms with E-state index in [9.17, 15) is 8.42 Å². The summed E-state index contributed by atoms with van der Waals surface area (Å²) >= 11 is 0. The average Bonchev–Trinajstić information content (AvgIpc) is 3.15. The van der Waals surface area contributed by atoms with Crippen molar-refractivity contribution >= 4 is 31.8 Å². The van der Waals surface area contributed by atoms with Gasteiger partial charge in [-0.2, -0.15) is 0 Å². The minimum absolute atomic E-state index is 0.136. The van der Waals surface area contributed by atoms with Crippen LogP contribution in [0, 0.1) is 0 Å². The van der Waals surface area contributed by atoms with Crippen LogP contribution in [0.4, 0.5) is 0 Å². The van der Waals surface area contributed by atoms with Crippen LogP contribution in [-0.2, 0) is 10.0 Å². The van der Waals surface area contributed by atoms with Crippen molar-refractivity contribution < 1.29 is 8.42 Å². The lowest BCUT2D eigenvalue weighted by Gasteiger charge is -2.17. The number of hydrogen-bond acceptors (Lipinski definition) is 4. The van der Waals surface area contributed by atoms with Gasteiger partial charge in [0.25, 0.3) is 0 Å². The van der Waals surface area contributed by atoms with Crippen molar-refractivity contribution in [2.45, 2.75) is 30.4 Å². The maximum atomic E-state index is 12.5. The summed E-state index contributed by atoms with van der Waals surface area (Å²) in [7, 11) is -3.10. The molecule has 3 aromatic rings. The molecule has 2 aliphatic rings. The number of nitrogens with one attached hydrogen (secondary N) is 1. The van der Waals surface area contributed by atoms with Gasteiger partial charge in [-0.05, 0) is 31.4 Å². The SMILES string of the molecule is O=S(=O)(C1CC1)N1CCC(c2[nH]ccc3cnc4nccc4c23)C1. The molecular weight excluding hydrogens is 324 g/mol. The molecule has 2 fully saturated rings. The summed E-state index contributed by atoms with van der Waals surface area (Å²) in [6.07, 6.45) is 8.01. The lowest BCUT2D eigenvalue weighted by Crippen LogP contribution is -2.31. The fourth-order valence-corrected chi connectivity index (χ4v) is 5.69. The molecule has 0 aromatic carbocycles. The lowest BCUT2D eigenvalue weighted by atomic mass is 9.97. The van der Waals surface area contributed by atoms with Crippen LogP contribution >= 0.6 is 0 Å². The van der Waals surface area contributed by atoms with Crippen molar-refractivity contribution in [1.29, 1.82) is 0 Å². The molecule has 1 atom stereocenters. The Morgan fingerprint density at radius 1 is 1.17 bits per heavy atom. The summed E-state index contributed by atoms with van der Waals surface area (Å²) in [4.78, 5) is 12.1. The number of rotatable bonds is 3. The first kappa shape index (κ1) is 14.4. The van der Waals surface area contributed by atoms with E-state index in [1.807, 2.05) is 24.5 Å². The Hall–Kier alpha value is -1.99. The summed E-state index contributed by atoms with van der Waals surface area (Å²) in [5.41, 5.74) is 1.84. The second-order valence-corrected chi connectivity index (χ2v) is 8.96. The topological polar surface area (TPSA) is 79.0 Å². The van der Waals surface area contributed by atoms with Crippen LogP contribution in [0.25, 0.3) is 21.8 Å². The molecule has 1 saturated carbocycles. The number of nitrogens with zero attached hydrogens (tertiary/aromatic N) is 3. The molecule has 6 nitrogen and oxygen atoms in total. The largest absolute Gasteiger partial charge is 0.364 e. The normalized spacial score (nSPS) is 22.6. The van der Waals surface area contributed by atoms with Gasteiger partial charge in [-0.25, -0.2) is 22.7 Å². The van der Waals surface area contributed by atoms with Crippen LogP contribution < -0.4 is 0 Å². The highest BCUT2D eigenvalue weighted by Crippen LogP contribution is 2.38. The zero-order chi connectivity index (χ0) is 16.3. The van der Waals surface area contributed by atoms with E-state index >= 15 is 0 Å². The van der Waals surface area contributed by atoms with Gasteiger partial charge >= 0.3 is 0 Å². The molecule has 4 heterocycles. The van der Waals surface area contributed by atoms with E-state index in [1.54, 1.807) is 10.5 Å². The van der Waals surface area contributed by atoms with Crippen molar-refractivity contribution in [3.63, 3.8) is 0 Å². The predicted molar refractivity (Wildman–Crippen MR) is 92.3 cm³/mol. The Morgan fingerprint density at radius 3 is 2.88 bits per heavy atom. The third kappa shape index (κ3) is 2.08. The fourth-order valence-electron chi connectivity index (χ4n) is 3.79. The predicted octanol–water partition coefficient (Wildman–Crippen LogP) is 2.39. The molecule has 1 unspecified atom stereocenters. The minimum atomic E-state index is -3.10. The van der Waals surface area contributed by atoms with E-state index in [0.717, 1.165) is 46.8 Å². The lowest BCUT2D eigenvalue weighted by molar-refractivity contribution is 0.471. The fraction of sp³-hybridized carbons (Fsp3) is 0.412. The molecule has 0 radical (unpaired) electrons. The Kier molecular flexibility index (Phi) is 2.99. The van der Waals surface area contributed by atoms with Crippen molar-refractivity contribution in [3.05, 3.63) is 36.4 Å².